The molecule has 152 valence electrons. The van der Waals surface area contributed by atoms with Gasteiger partial charge < -0.3 is 4.90 Å². The average Bonchev–Trinajstić information content (AvgIpc) is 2.88. The average molecular weight is 423 g/mol. The largest absolute Gasteiger partial charge is 0.416 e. The number of benzene rings is 1. The third-order valence-electron chi connectivity index (χ3n) is 5.09. The van der Waals surface area contributed by atoms with Gasteiger partial charge in [-0.05, 0) is 62.4 Å². The maximum Gasteiger partial charge on any atom is 0.416 e. The fourth-order valence-corrected chi connectivity index (χ4v) is 6.46. The minimum atomic E-state index is -4.47. The van der Waals surface area contributed by atoms with Crippen LogP contribution in [0, 0.1) is 0 Å². The zero-order chi connectivity index (χ0) is 19.5. The van der Waals surface area contributed by atoms with Crippen LogP contribution in [-0.2, 0) is 16.2 Å². The van der Waals surface area contributed by atoms with Crippen molar-refractivity contribution in [2.45, 2.75) is 42.8 Å². The lowest BCUT2D eigenvalue weighted by Gasteiger charge is -2.35. The second-order valence-electron chi connectivity index (χ2n) is 7.08. The summed E-state index contributed by atoms with van der Waals surface area (Å²) in [6.07, 6.45) is -0.250. The molecule has 1 unspecified atom stereocenters. The van der Waals surface area contributed by atoms with E-state index in [0.29, 0.717) is 13.1 Å². The summed E-state index contributed by atoms with van der Waals surface area (Å²) in [5.41, 5.74) is -0.835. The predicted molar refractivity (Wildman–Crippen MR) is 101 cm³/mol. The molecular formula is C18H25F3N2O2S2. The highest BCUT2D eigenvalue weighted by molar-refractivity contribution is 7.99. The van der Waals surface area contributed by atoms with Crippen LogP contribution in [0.4, 0.5) is 13.2 Å². The fourth-order valence-electron chi connectivity index (χ4n) is 3.66. The number of piperidine rings is 1. The summed E-state index contributed by atoms with van der Waals surface area (Å²) in [7, 11) is -3.82. The van der Waals surface area contributed by atoms with E-state index in [1.165, 1.54) is 10.7 Å². The van der Waals surface area contributed by atoms with Crippen molar-refractivity contribution in [2.75, 3.05) is 37.7 Å². The zero-order valence-electron chi connectivity index (χ0n) is 15.1. The summed E-state index contributed by atoms with van der Waals surface area (Å²) in [4.78, 5) is 2.25. The van der Waals surface area contributed by atoms with Crippen LogP contribution in [0.1, 0.15) is 31.2 Å². The van der Waals surface area contributed by atoms with Crippen LogP contribution in [-0.4, -0.2) is 61.3 Å². The monoisotopic (exact) mass is 422 g/mol. The molecular weight excluding hydrogens is 397 g/mol. The van der Waals surface area contributed by atoms with Gasteiger partial charge in [-0.1, -0.05) is 6.42 Å². The topological polar surface area (TPSA) is 40.6 Å². The van der Waals surface area contributed by atoms with Crippen LogP contribution in [0.5, 0.6) is 0 Å². The molecule has 2 aliphatic rings. The number of rotatable bonds is 4. The molecule has 0 radical (unpaired) electrons. The highest BCUT2D eigenvalue weighted by atomic mass is 32.2. The predicted octanol–water partition coefficient (Wildman–Crippen LogP) is 3.69. The molecule has 2 saturated heterocycles. The summed E-state index contributed by atoms with van der Waals surface area (Å²) >= 11 is 1.75. The molecule has 0 amide bonds. The van der Waals surface area contributed by atoms with Gasteiger partial charge in [0.15, 0.2) is 0 Å². The van der Waals surface area contributed by atoms with Gasteiger partial charge in [0.2, 0.25) is 10.0 Å². The van der Waals surface area contributed by atoms with Crippen molar-refractivity contribution < 1.29 is 21.6 Å². The molecule has 0 N–H and O–H groups in total. The quantitative estimate of drug-likeness (QED) is 0.742. The molecule has 1 aromatic carbocycles. The first-order valence-corrected chi connectivity index (χ1v) is 11.9. The SMILES string of the molecule is O=S(=O)(c1ccc(C(F)(F)F)cc1)N1CCCSCC1CN1CCCCC1. The van der Waals surface area contributed by atoms with E-state index in [4.69, 9.17) is 0 Å². The van der Waals surface area contributed by atoms with Gasteiger partial charge in [0.05, 0.1) is 10.5 Å². The minimum absolute atomic E-state index is 0.0638. The molecule has 3 rings (SSSR count). The van der Waals surface area contributed by atoms with Crippen molar-refractivity contribution in [2.24, 2.45) is 0 Å². The van der Waals surface area contributed by atoms with Gasteiger partial charge in [0.1, 0.15) is 0 Å². The van der Waals surface area contributed by atoms with Crippen molar-refractivity contribution in [1.82, 2.24) is 9.21 Å². The first kappa shape index (κ1) is 21.0. The van der Waals surface area contributed by atoms with Crippen molar-refractivity contribution in [3.63, 3.8) is 0 Å². The maximum absolute atomic E-state index is 13.2. The standard InChI is InChI=1S/C18H25F3N2O2S2/c19-18(20,21)15-5-7-17(8-6-15)27(24,25)23-11-4-12-26-14-16(23)13-22-9-2-1-3-10-22/h5-8,16H,1-4,9-14H2. The van der Waals surface area contributed by atoms with E-state index >= 15 is 0 Å². The number of hydrogen-bond donors (Lipinski definition) is 0. The molecule has 9 heteroatoms. The number of halogens is 3. The maximum atomic E-state index is 13.2. The molecule has 4 nitrogen and oxygen atoms in total. The van der Waals surface area contributed by atoms with Gasteiger partial charge in [0, 0.05) is 24.9 Å². The lowest BCUT2D eigenvalue weighted by molar-refractivity contribution is -0.137. The van der Waals surface area contributed by atoms with Crippen LogP contribution < -0.4 is 0 Å². The number of sulfonamides is 1. The summed E-state index contributed by atoms with van der Waals surface area (Å²) in [5, 5.41) is 0. The minimum Gasteiger partial charge on any atom is -0.302 e. The Hall–Kier alpha value is -0.770. The fraction of sp³-hybridized carbons (Fsp3) is 0.667. The van der Waals surface area contributed by atoms with Crippen molar-refractivity contribution >= 4 is 21.8 Å². The highest BCUT2D eigenvalue weighted by Gasteiger charge is 2.35. The van der Waals surface area contributed by atoms with Crippen LogP contribution in [0.3, 0.4) is 0 Å². The molecule has 2 fully saturated rings. The summed E-state index contributed by atoms with van der Waals surface area (Å²) in [6, 6.07) is 3.70. The second-order valence-corrected chi connectivity index (χ2v) is 10.1. The summed E-state index contributed by atoms with van der Waals surface area (Å²) in [6.45, 7) is 3.06. The molecule has 27 heavy (non-hydrogen) atoms. The van der Waals surface area contributed by atoms with E-state index < -0.39 is 21.8 Å². The highest BCUT2D eigenvalue weighted by Crippen LogP contribution is 2.31. The van der Waals surface area contributed by atoms with E-state index in [1.54, 1.807) is 11.8 Å². The van der Waals surface area contributed by atoms with Gasteiger partial charge in [-0.15, -0.1) is 0 Å². The third-order valence-corrected chi connectivity index (χ3v) is 8.25. The first-order chi connectivity index (χ1) is 12.8. The number of thioether (sulfide) groups is 1. The van der Waals surface area contributed by atoms with E-state index in [0.717, 1.165) is 68.1 Å². The Morgan fingerprint density at radius 1 is 1.00 bits per heavy atom. The number of likely N-dealkylation sites (tertiary alicyclic amines) is 1. The van der Waals surface area contributed by atoms with E-state index in [-0.39, 0.29) is 10.9 Å². The van der Waals surface area contributed by atoms with Gasteiger partial charge in [-0.2, -0.15) is 29.2 Å². The lowest BCUT2D eigenvalue weighted by atomic mass is 10.1. The number of alkyl halides is 3. The van der Waals surface area contributed by atoms with Crippen molar-refractivity contribution in [1.29, 1.82) is 0 Å². The Morgan fingerprint density at radius 3 is 2.30 bits per heavy atom. The Bertz CT molecular complexity index is 717. The van der Waals surface area contributed by atoms with Crippen LogP contribution in [0.2, 0.25) is 0 Å². The van der Waals surface area contributed by atoms with Gasteiger partial charge in [-0.3, -0.25) is 0 Å². The summed E-state index contributed by atoms with van der Waals surface area (Å²) < 4.78 is 66.2. The van der Waals surface area contributed by atoms with Crippen LogP contribution in [0.25, 0.3) is 0 Å². The van der Waals surface area contributed by atoms with Crippen molar-refractivity contribution in [3.8, 4) is 0 Å². The van der Waals surface area contributed by atoms with Crippen LogP contribution in [0.15, 0.2) is 29.2 Å². The molecule has 0 bridgehead atoms. The second kappa shape index (κ2) is 8.71. The lowest BCUT2D eigenvalue weighted by Crippen LogP contribution is -2.49. The Labute approximate surface area is 163 Å². The smallest absolute Gasteiger partial charge is 0.302 e. The molecule has 0 aliphatic carbocycles. The van der Waals surface area contributed by atoms with Crippen molar-refractivity contribution in [3.05, 3.63) is 29.8 Å². The Balaban J connectivity index is 1.82. The normalized spacial score (nSPS) is 23.9. The first-order valence-electron chi connectivity index (χ1n) is 9.28. The zero-order valence-corrected chi connectivity index (χ0v) is 16.8. The Morgan fingerprint density at radius 2 is 1.67 bits per heavy atom. The molecule has 0 saturated carbocycles. The molecule has 2 heterocycles. The van der Waals surface area contributed by atoms with E-state index in [9.17, 15) is 21.6 Å². The number of hydrogen-bond acceptors (Lipinski definition) is 4. The van der Waals surface area contributed by atoms with Gasteiger partial charge in [-0.25, -0.2) is 8.42 Å². The third kappa shape index (κ3) is 5.19. The van der Waals surface area contributed by atoms with E-state index in [1.807, 2.05) is 0 Å². The molecule has 1 aromatic rings. The number of nitrogens with zero attached hydrogens (tertiary/aromatic N) is 2. The summed E-state index contributed by atoms with van der Waals surface area (Å²) in [5.74, 6) is 1.62. The van der Waals surface area contributed by atoms with Gasteiger partial charge in [0.25, 0.3) is 0 Å². The van der Waals surface area contributed by atoms with E-state index in [2.05, 4.69) is 4.90 Å². The molecule has 1 atom stereocenters. The molecule has 0 spiro atoms. The molecule has 0 aromatic heterocycles. The van der Waals surface area contributed by atoms with Crippen LogP contribution >= 0.6 is 11.8 Å². The molecule has 2 aliphatic heterocycles. The Kier molecular flexibility index (Phi) is 6.76. The van der Waals surface area contributed by atoms with Gasteiger partial charge >= 0.3 is 6.18 Å².